The molecule has 0 fully saturated rings. The van der Waals surface area contributed by atoms with Gasteiger partial charge in [0.15, 0.2) is 0 Å². The first-order valence-electron chi connectivity index (χ1n) is 7.82. The number of methoxy groups -OCH3 is 1. The highest BCUT2D eigenvalue weighted by atomic mass is 16.5. The molecule has 2 aromatic rings. The van der Waals surface area contributed by atoms with Gasteiger partial charge in [0.2, 0.25) is 0 Å². The van der Waals surface area contributed by atoms with E-state index < -0.39 is 0 Å². The van der Waals surface area contributed by atoms with Crippen molar-refractivity contribution in [2.24, 2.45) is 0 Å². The summed E-state index contributed by atoms with van der Waals surface area (Å²) < 4.78 is 5.27. The van der Waals surface area contributed by atoms with Crippen LogP contribution in [-0.4, -0.2) is 43.7 Å². The van der Waals surface area contributed by atoms with Gasteiger partial charge in [-0.3, -0.25) is 4.98 Å². The van der Waals surface area contributed by atoms with Crippen molar-refractivity contribution in [2.45, 2.75) is 12.6 Å². The van der Waals surface area contributed by atoms with Gasteiger partial charge in [-0.05, 0) is 43.9 Å². The molecule has 0 saturated carbocycles. The molecule has 1 heterocycles. The predicted octanol–water partition coefficient (Wildman–Crippen LogP) is 2.19. The molecule has 128 valence electrons. The smallest absolute Gasteiger partial charge is 0.315 e. The van der Waals surface area contributed by atoms with Crippen molar-refractivity contribution >= 4 is 6.03 Å². The third-order valence-corrected chi connectivity index (χ3v) is 3.71. The summed E-state index contributed by atoms with van der Waals surface area (Å²) in [4.78, 5) is 18.2. The molecule has 2 N–H and O–H groups in total. The number of likely N-dealkylation sites (N-methyl/N-ethyl adjacent to an activating group) is 1. The van der Waals surface area contributed by atoms with E-state index in [1.54, 1.807) is 13.3 Å². The van der Waals surface area contributed by atoms with Crippen molar-refractivity contribution in [3.8, 4) is 5.75 Å². The summed E-state index contributed by atoms with van der Waals surface area (Å²) in [6.07, 6.45) is 1.71. The molecular weight excluding hydrogens is 304 g/mol. The third kappa shape index (κ3) is 5.24. The minimum absolute atomic E-state index is 0.0562. The molecule has 0 spiro atoms. The number of rotatable bonds is 7. The zero-order valence-electron chi connectivity index (χ0n) is 14.3. The van der Waals surface area contributed by atoms with Gasteiger partial charge in [-0.25, -0.2) is 4.79 Å². The highest BCUT2D eigenvalue weighted by molar-refractivity contribution is 5.73. The maximum absolute atomic E-state index is 12.0. The molecule has 0 aliphatic heterocycles. The molecule has 24 heavy (non-hydrogen) atoms. The number of urea groups is 1. The molecule has 1 atom stereocenters. The minimum Gasteiger partial charge on any atom is -0.497 e. The second-order valence-electron chi connectivity index (χ2n) is 5.64. The van der Waals surface area contributed by atoms with Gasteiger partial charge in [-0.2, -0.15) is 0 Å². The molecule has 0 bridgehead atoms. The van der Waals surface area contributed by atoms with Gasteiger partial charge in [-0.15, -0.1) is 0 Å². The molecule has 1 aromatic heterocycles. The average molecular weight is 328 g/mol. The average Bonchev–Trinajstić information content (AvgIpc) is 2.61. The van der Waals surface area contributed by atoms with Gasteiger partial charge in [0.25, 0.3) is 0 Å². The van der Waals surface area contributed by atoms with Gasteiger partial charge in [-0.1, -0.05) is 18.2 Å². The first-order chi connectivity index (χ1) is 11.6. The van der Waals surface area contributed by atoms with E-state index in [1.807, 2.05) is 56.6 Å². The SMILES string of the molecule is COc1cccc(C(CNC(=O)NCc2ccccn2)N(C)C)c1. The lowest BCUT2D eigenvalue weighted by Gasteiger charge is -2.25. The molecular formula is C18H24N4O2. The van der Waals surface area contributed by atoms with E-state index in [1.165, 1.54) is 0 Å². The predicted molar refractivity (Wildman–Crippen MR) is 93.9 cm³/mol. The monoisotopic (exact) mass is 328 g/mol. The lowest BCUT2D eigenvalue weighted by Crippen LogP contribution is -2.40. The van der Waals surface area contributed by atoms with Crippen LogP contribution in [0, 0.1) is 0 Å². The number of carbonyl (C=O) groups is 1. The van der Waals surface area contributed by atoms with E-state index in [0.717, 1.165) is 17.0 Å². The van der Waals surface area contributed by atoms with Crippen LogP contribution in [0.2, 0.25) is 0 Å². The van der Waals surface area contributed by atoms with Gasteiger partial charge >= 0.3 is 6.03 Å². The number of nitrogens with one attached hydrogen (secondary N) is 2. The summed E-state index contributed by atoms with van der Waals surface area (Å²) in [5.41, 5.74) is 1.91. The molecule has 1 aromatic carbocycles. The van der Waals surface area contributed by atoms with Gasteiger partial charge in [0.1, 0.15) is 5.75 Å². The Morgan fingerprint density at radius 3 is 2.71 bits per heavy atom. The Balaban J connectivity index is 1.90. The van der Waals surface area contributed by atoms with Crippen LogP contribution in [-0.2, 0) is 6.54 Å². The van der Waals surface area contributed by atoms with Crippen LogP contribution in [0.25, 0.3) is 0 Å². The van der Waals surface area contributed by atoms with Gasteiger partial charge in [0.05, 0.1) is 25.4 Å². The molecule has 0 saturated heterocycles. The fraction of sp³-hybridized carbons (Fsp3) is 0.333. The number of hydrogen-bond donors (Lipinski definition) is 2. The highest BCUT2D eigenvalue weighted by Gasteiger charge is 2.15. The quantitative estimate of drug-likeness (QED) is 0.818. The number of pyridine rings is 1. The standard InChI is InChI=1S/C18H24N4O2/c1-22(2)17(14-7-6-9-16(11-14)24-3)13-21-18(23)20-12-15-8-4-5-10-19-15/h4-11,17H,12-13H2,1-3H3,(H2,20,21,23). The van der Waals surface area contributed by atoms with Crippen molar-refractivity contribution in [1.82, 2.24) is 20.5 Å². The second-order valence-corrected chi connectivity index (χ2v) is 5.64. The maximum atomic E-state index is 12.0. The number of aromatic nitrogens is 1. The van der Waals surface area contributed by atoms with Crippen LogP contribution >= 0.6 is 0 Å². The van der Waals surface area contributed by atoms with E-state index in [2.05, 4.69) is 20.5 Å². The van der Waals surface area contributed by atoms with Crippen LogP contribution in [0.3, 0.4) is 0 Å². The van der Waals surface area contributed by atoms with E-state index in [4.69, 9.17) is 4.74 Å². The van der Waals surface area contributed by atoms with Crippen LogP contribution in [0.5, 0.6) is 5.75 Å². The number of benzene rings is 1. The van der Waals surface area contributed by atoms with Gasteiger partial charge in [0, 0.05) is 12.7 Å². The van der Waals surface area contributed by atoms with Crippen molar-refractivity contribution in [2.75, 3.05) is 27.7 Å². The summed E-state index contributed by atoms with van der Waals surface area (Å²) in [5, 5.41) is 5.72. The minimum atomic E-state index is -0.213. The number of nitrogens with zero attached hydrogens (tertiary/aromatic N) is 2. The Kier molecular flexibility index (Phi) is 6.57. The molecule has 2 amide bonds. The van der Waals surface area contributed by atoms with Crippen molar-refractivity contribution in [3.05, 3.63) is 59.9 Å². The second kappa shape index (κ2) is 8.88. The summed E-state index contributed by atoms with van der Waals surface area (Å²) >= 11 is 0. The Morgan fingerprint density at radius 1 is 1.21 bits per heavy atom. The van der Waals surface area contributed by atoms with Crippen LogP contribution in [0.1, 0.15) is 17.3 Å². The topological polar surface area (TPSA) is 66.5 Å². The van der Waals surface area contributed by atoms with Crippen molar-refractivity contribution in [1.29, 1.82) is 0 Å². The lowest BCUT2D eigenvalue weighted by molar-refractivity contribution is 0.232. The number of carbonyl (C=O) groups excluding carboxylic acids is 1. The number of hydrogen-bond acceptors (Lipinski definition) is 4. The fourth-order valence-electron chi connectivity index (χ4n) is 2.37. The Labute approximate surface area is 142 Å². The van der Waals surface area contributed by atoms with E-state index in [0.29, 0.717) is 13.1 Å². The van der Waals surface area contributed by atoms with Crippen LogP contribution < -0.4 is 15.4 Å². The molecule has 6 heteroatoms. The molecule has 0 aliphatic carbocycles. The molecule has 0 radical (unpaired) electrons. The first-order valence-corrected chi connectivity index (χ1v) is 7.82. The molecule has 6 nitrogen and oxygen atoms in total. The van der Waals surface area contributed by atoms with Crippen molar-refractivity contribution in [3.63, 3.8) is 0 Å². The van der Waals surface area contributed by atoms with Crippen molar-refractivity contribution < 1.29 is 9.53 Å². The lowest BCUT2D eigenvalue weighted by atomic mass is 10.1. The first kappa shape index (κ1) is 17.7. The van der Waals surface area contributed by atoms with Crippen LogP contribution in [0.4, 0.5) is 4.79 Å². The fourth-order valence-corrected chi connectivity index (χ4v) is 2.37. The summed E-state index contributed by atoms with van der Waals surface area (Å²) in [7, 11) is 5.61. The largest absolute Gasteiger partial charge is 0.497 e. The molecule has 1 unspecified atom stereocenters. The van der Waals surface area contributed by atoms with E-state index in [-0.39, 0.29) is 12.1 Å². The van der Waals surface area contributed by atoms with Gasteiger partial charge < -0.3 is 20.3 Å². The third-order valence-electron chi connectivity index (χ3n) is 3.71. The number of amides is 2. The molecule has 0 aliphatic rings. The normalized spacial score (nSPS) is 11.8. The Hall–Kier alpha value is -2.60. The summed E-state index contributed by atoms with van der Waals surface area (Å²) in [5.74, 6) is 0.805. The highest BCUT2D eigenvalue weighted by Crippen LogP contribution is 2.21. The van der Waals surface area contributed by atoms with E-state index in [9.17, 15) is 4.79 Å². The molecule has 2 rings (SSSR count). The zero-order valence-corrected chi connectivity index (χ0v) is 14.3. The maximum Gasteiger partial charge on any atom is 0.315 e. The van der Waals surface area contributed by atoms with E-state index >= 15 is 0 Å². The Morgan fingerprint density at radius 2 is 2.04 bits per heavy atom. The summed E-state index contributed by atoms with van der Waals surface area (Å²) in [6, 6.07) is 13.3. The number of ether oxygens (including phenoxy) is 1. The summed E-state index contributed by atoms with van der Waals surface area (Å²) in [6.45, 7) is 0.896. The van der Waals surface area contributed by atoms with Crippen LogP contribution in [0.15, 0.2) is 48.7 Å². The zero-order chi connectivity index (χ0) is 17.4. The Bertz CT molecular complexity index is 646.